The smallest absolute Gasteiger partial charge is 0.323 e. The van der Waals surface area contributed by atoms with Crippen LogP contribution in [-0.4, -0.2) is 17.5 Å². The summed E-state index contributed by atoms with van der Waals surface area (Å²) in [6, 6.07) is 7.00. The summed E-state index contributed by atoms with van der Waals surface area (Å²) in [5.74, 6) is -0.186. The minimum absolute atomic E-state index is 0.186. The predicted molar refractivity (Wildman–Crippen MR) is 65.9 cm³/mol. The Morgan fingerprint density at radius 3 is 2.29 bits per heavy atom. The number of benzene rings is 1. The third-order valence-corrected chi connectivity index (χ3v) is 3.26. The van der Waals surface area contributed by atoms with Gasteiger partial charge in [0.25, 0.3) is 5.91 Å². The Kier molecular flexibility index (Phi) is 2.65. The minimum Gasteiger partial charge on any atom is -0.323 e. The molecule has 0 bridgehead atoms. The quantitative estimate of drug-likeness (QED) is 0.795. The van der Waals surface area contributed by atoms with E-state index in [1.165, 1.54) is 4.90 Å². The number of amides is 3. The van der Waals surface area contributed by atoms with Gasteiger partial charge in [0.05, 0.1) is 5.69 Å². The standard InChI is InChI=1S/C13H16N2O2/c1-4-13(3)11(16)15(12(17)14-13)10-7-5-9(2)6-8-10/h5-8H,4H2,1-3H3,(H,14,17). The summed E-state index contributed by atoms with van der Waals surface area (Å²) in [6.45, 7) is 5.60. The van der Waals surface area contributed by atoms with Gasteiger partial charge in [-0.1, -0.05) is 24.6 Å². The lowest BCUT2D eigenvalue weighted by Crippen LogP contribution is -2.43. The first-order valence-corrected chi connectivity index (χ1v) is 5.71. The van der Waals surface area contributed by atoms with Crippen LogP contribution in [0, 0.1) is 6.92 Å². The van der Waals surface area contributed by atoms with Crippen LogP contribution in [0.5, 0.6) is 0 Å². The molecule has 2 rings (SSSR count). The molecule has 4 heteroatoms. The van der Waals surface area contributed by atoms with Crippen LogP contribution in [0.4, 0.5) is 10.5 Å². The van der Waals surface area contributed by atoms with Crippen LogP contribution in [0.15, 0.2) is 24.3 Å². The fourth-order valence-corrected chi connectivity index (χ4v) is 1.85. The van der Waals surface area contributed by atoms with Crippen LogP contribution in [-0.2, 0) is 4.79 Å². The highest BCUT2D eigenvalue weighted by Crippen LogP contribution is 2.26. The topological polar surface area (TPSA) is 49.4 Å². The number of carbonyl (C=O) groups is 2. The molecule has 0 saturated carbocycles. The van der Waals surface area contributed by atoms with Gasteiger partial charge in [0.2, 0.25) is 0 Å². The van der Waals surface area contributed by atoms with Gasteiger partial charge in [-0.05, 0) is 32.4 Å². The van der Waals surface area contributed by atoms with Crippen molar-refractivity contribution in [1.82, 2.24) is 5.32 Å². The number of nitrogens with one attached hydrogen (secondary N) is 1. The zero-order valence-corrected chi connectivity index (χ0v) is 10.3. The van der Waals surface area contributed by atoms with Crippen molar-refractivity contribution >= 4 is 17.6 Å². The highest BCUT2D eigenvalue weighted by molar-refractivity contribution is 6.23. The third kappa shape index (κ3) is 1.79. The van der Waals surface area contributed by atoms with E-state index in [1.807, 2.05) is 26.0 Å². The van der Waals surface area contributed by atoms with Crippen molar-refractivity contribution in [2.24, 2.45) is 0 Å². The molecule has 1 aromatic carbocycles. The van der Waals surface area contributed by atoms with E-state index in [0.717, 1.165) is 5.56 Å². The molecule has 1 aliphatic rings. The molecule has 1 heterocycles. The van der Waals surface area contributed by atoms with E-state index in [-0.39, 0.29) is 11.9 Å². The number of anilines is 1. The van der Waals surface area contributed by atoms with Crippen LogP contribution in [0.1, 0.15) is 25.8 Å². The Balaban J connectivity index is 2.37. The average molecular weight is 232 g/mol. The van der Waals surface area contributed by atoms with Gasteiger partial charge in [-0.15, -0.1) is 0 Å². The van der Waals surface area contributed by atoms with Gasteiger partial charge in [0.15, 0.2) is 0 Å². The Bertz CT molecular complexity index is 467. The van der Waals surface area contributed by atoms with Crippen molar-refractivity contribution in [3.8, 4) is 0 Å². The van der Waals surface area contributed by atoms with Crippen molar-refractivity contribution in [2.45, 2.75) is 32.7 Å². The number of rotatable bonds is 2. The molecule has 1 atom stereocenters. The summed E-state index contributed by atoms with van der Waals surface area (Å²) < 4.78 is 0. The second-order valence-electron chi connectivity index (χ2n) is 4.59. The Hall–Kier alpha value is -1.84. The molecule has 0 aliphatic carbocycles. The minimum atomic E-state index is -0.776. The van der Waals surface area contributed by atoms with E-state index in [0.29, 0.717) is 12.1 Å². The molecule has 17 heavy (non-hydrogen) atoms. The lowest BCUT2D eigenvalue weighted by Gasteiger charge is -2.19. The van der Waals surface area contributed by atoms with E-state index >= 15 is 0 Å². The zero-order chi connectivity index (χ0) is 12.6. The molecule has 1 fully saturated rings. The van der Waals surface area contributed by atoms with Gasteiger partial charge in [0, 0.05) is 0 Å². The molecule has 1 aliphatic heterocycles. The largest absolute Gasteiger partial charge is 0.329 e. The van der Waals surface area contributed by atoms with Crippen molar-refractivity contribution in [2.75, 3.05) is 4.90 Å². The highest BCUT2D eigenvalue weighted by atomic mass is 16.2. The maximum atomic E-state index is 12.2. The van der Waals surface area contributed by atoms with Gasteiger partial charge in [-0.3, -0.25) is 4.79 Å². The van der Waals surface area contributed by atoms with Gasteiger partial charge in [-0.25, -0.2) is 9.69 Å². The van der Waals surface area contributed by atoms with Crippen LogP contribution in [0.2, 0.25) is 0 Å². The lowest BCUT2D eigenvalue weighted by atomic mass is 9.99. The van der Waals surface area contributed by atoms with Crippen LogP contribution in [0.3, 0.4) is 0 Å². The van der Waals surface area contributed by atoms with Gasteiger partial charge in [0.1, 0.15) is 5.54 Å². The zero-order valence-electron chi connectivity index (χ0n) is 10.3. The molecule has 90 valence electrons. The number of hydrogen-bond donors (Lipinski definition) is 1. The maximum Gasteiger partial charge on any atom is 0.329 e. The molecule has 1 saturated heterocycles. The van der Waals surface area contributed by atoms with E-state index in [4.69, 9.17) is 0 Å². The summed E-state index contributed by atoms with van der Waals surface area (Å²) in [5.41, 5.74) is 0.941. The first kappa shape index (κ1) is 11.6. The average Bonchev–Trinajstić information content (AvgIpc) is 2.53. The Morgan fingerprint density at radius 2 is 1.82 bits per heavy atom. The van der Waals surface area contributed by atoms with Crippen molar-refractivity contribution in [3.63, 3.8) is 0 Å². The summed E-state index contributed by atoms with van der Waals surface area (Å²) in [4.78, 5) is 25.2. The molecule has 4 nitrogen and oxygen atoms in total. The van der Waals surface area contributed by atoms with Gasteiger partial charge in [-0.2, -0.15) is 0 Å². The molecule has 0 aromatic heterocycles. The normalized spacial score (nSPS) is 24.1. The molecule has 1 aromatic rings. The van der Waals surface area contributed by atoms with Crippen molar-refractivity contribution < 1.29 is 9.59 Å². The van der Waals surface area contributed by atoms with Crippen LogP contribution in [0.25, 0.3) is 0 Å². The number of urea groups is 1. The SMILES string of the molecule is CCC1(C)NC(=O)N(c2ccc(C)cc2)C1=O. The number of carbonyl (C=O) groups excluding carboxylic acids is 2. The Morgan fingerprint density at radius 1 is 1.24 bits per heavy atom. The second kappa shape index (κ2) is 3.87. The fraction of sp³-hybridized carbons (Fsp3) is 0.385. The lowest BCUT2D eigenvalue weighted by molar-refractivity contribution is -0.121. The van der Waals surface area contributed by atoms with E-state index in [9.17, 15) is 9.59 Å². The molecule has 3 amide bonds. The summed E-state index contributed by atoms with van der Waals surface area (Å²) in [6.07, 6.45) is 0.583. The second-order valence-corrected chi connectivity index (χ2v) is 4.59. The number of aryl methyl sites for hydroxylation is 1. The third-order valence-electron chi connectivity index (χ3n) is 3.26. The van der Waals surface area contributed by atoms with Gasteiger partial charge < -0.3 is 5.32 Å². The molecular formula is C13H16N2O2. The molecule has 1 N–H and O–H groups in total. The predicted octanol–water partition coefficient (Wildman–Crippen LogP) is 2.22. The van der Waals surface area contributed by atoms with Crippen LogP contribution < -0.4 is 10.2 Å². The van der Waals surface area contributed by atoms with Crippen LogP contribution >= 0.6 is 0 Å². The first-order chi connectivity index (χ1) is 7.98. The van der Waals surface area contributed by atoms with Crippen molar-refractivity contribution in [1.29, 1.82) is 0 Å². The summed E-state index contributed by atoms with van der Waals surface area (Å²) >= 11 is 0. The van der Waals surface area contributed by atoms with E-state index in [2.05, 4.69) is 5.32 Å². The maximum absolute atomic E-state index is 12.2. The monoisotopic (exact) mass is 232 g/mol. The molecular weight excluding hydrogens is 216 g/mol. The fourth-order valence-electron chi connectivity index (χ4n) is 1.85. The van der Waals surface area contributed by atoms with Gasteiger partial charge >= 0.3 is 6.03 Å². The number of imide groups is 1. The number of nitrogens with zero attached hydrogens (tertiary/aromatic N) is 1. The summed E-state index contributed by atoms with van der Waals surface area (Å²) in [5, 5.41) is 2.73. The van der Waals surface area contributed by atoms with E-state index < -0.39 is 5.54 Å². The molecule has 0 spiro atoms. The van der Waals surface area contributed by atoms with E-state index in [1.54, 1.807) is 19.1 Å². The molecule has 1 unspecified atom stereocenters. The first-order valence-electron chi connectivity index (χ1n) is 5.71. The summed E-state index contributed by atoms with van der Waals surface area (Å²) in [7, 11) is 0. The highest BCUT2D eigenvalue weighted by Gasteiger charge is 2.47. The molecule has 0 radical (unpaired) electrons. The van der Waals surface area contributed by atoms with Crippen molar-refractivity contribution in [3.05, 3.63) is 29.8 Å². The Labute approximate surface area is 101 Å². The number of hydrogen-bond acceptors (Lipinski definition) is 2.